The maximum Gasteiger partial charge on any atom is 0.155 e. The molecule has 0 aromatic carbocycles. The van der Waals surface area contributed by atoms with Crippen LogP contribution < -0.4 is 0 Å². The van der Waals surface area contributed by atoms with Crippen LogP contribution in [0.1, 0.15) is 70.6 Å². The molecule has 0 spiro atoms. The summed E-state index contributed by atoms with van der Waals surface area (Å²) in [6.07, 6.45) is 21.4. The fourth-order valence-electron chi connectivity index (χ4n) is 2.20. The van der Waals surface area contributed by atoms with Crippen molar-refractivity contribution in [2.24, 2.45) is 0 Å². The zero-order chi connectivity index (χ0) is 12.2. The Bertz CT molecular complexity index is 250. The van der Waals surface area contributed by atoms with Crippen molar-refractivity contribution in [2.75, 3.05) is 0 Å². The molecule has 96 valence electrons. The van der Waals surface area contributed by atoms with E-state index in [0.29, 0.717) is 5.78 Å². The van der Waals surface area contributed by atoms with E-state index in [4.69, 9.17) is 0 Å². The van der Waals surface area contributed by atoms with E-state index < -0.39 is 0 Å². The van der Waals surface area contributed by atoms with Crippen LogP contribution in [-0.4, -0.2) is 5.78 Å². The third-order valence-corrected chi connectivity index (χ3v) is 3.29. The molecule has 1 aliphatic carbocycles. The second-order valence-electron chi connectivity index (χ2n) is 4.94. The third-order valence-electron chi connectivity index (χ3n) is 3.29. The van der Waals surface area contributed by atoms with Crippen LogP contribution in [0, 0.1) is 0 Å². The molecule has 0 heterocycles. The van der Waals surface area contributed by atoms with Gasteiger partial charge in [-0.3, -0.25) is 4.79 Å². The van der Waals surface area contributed by atoms with Crippen molar-refractivity contribution >= 4 is 5.78 Å². The summed E-state index contributed by atoms with van der Waals surface area (Å²) in [7, 11) is 0. The molecule has 0 aromatic rings. The molecule has 0 radical (unpaired) electrons. The lowest BCUT2D eigenvalue weighted by Crippen LogP contribution is -1.92. The Hall–Kier alpha value is -0.850. The lowest BCUT2D eigenvalue weighted by Gasteiger charge is -2.01. The first kappa shape index (κ1) is 14.2. The number of carbonyl (C=O) groups excluding carboxylic acids is 1. The predicted octanol–water partition coefficient (Wildman–Crippen LogP) is 4.97. The second-order valence-corrected chi connectivity index (χ2v) is 4.94. The van der Waals surface area contributed by atoms with Crippen molar-refractivity contribution in [3.63, 3.8) is 0 Å². The van der Waals surface area contributed by atoms with E-state index in [1.54, 1.807) is 6.08 Å². The van der Waals surface area contributed by atoms with E-state index in [1.165, 1.54) is 51.4 Å². The van der Waals surface area contributed by atoms with Crippen molar-refractivity contribution in [3.8, 4) is 0 Å². The number of hydrogen-bond donors (Lipinski definition) is 0. The van der Waals surface area contributed by atoms with Crippen molar-refractivity contribution < 1.29 is 4.79 Å². The molecule has 0 fully saturated rings. The Balaban J connectivity index is 2.27. The molecular formula is C16H26O. The summed E-state index contributed by atoms with van der Waals surface area (Å²) in [5, 5.41) is 0. The molecule has 0 bridgehead atoms. The smallest absolute Gasteiger partial charge is 0.155 e. The van der Waals surface area contributed by atoms with Crippen LogP contribution >= 0.6 is 0 Å². The normalized spacial score (nSPS) is 23.4. The van der Waals surface area contributed by atoms with Gasteiger partial charge in [0.1, 0.15) is 0 Å². The molecule has 0 amide bonds. The zero-order valence-electron chi connectivity index (χ0n) is 11.0. The average Bonchev–Trinajstić information content (AvgIpc) is 2.32. The Morgan fingerprint density at radius 2 is 1.35 bits per heavy atom. The molecule has 1 aliphatic rings. The molecule has 0 saturated heterocycles. The third kappa shape index (κ3) is 8.91. The monoisotopic (exact) mass is 234 g/mol. The minimum absolute atomic E-state index is 0.297. The summed E-state index contributed by atoms with van der Waals surface area (Å²) >= 11 is 0. The van der Waals surface area contributed by atoms with E-state index in [-0.39, 0.29) is 0 Å². The van der Waals surface area contributed by atoms with Gasteiger partial charge >= 0.3 is 0 Å². The van der Waals surface area contributed by atoms with Gasteiger partial charge in [-0.15, -0.1) is 0 Å². The first-order chi connectivity index (χ1) is 8.39. The minimum atomic E-state index is 0.297. The molecular weight excluding hydrogens is 208 g/mol. The van der Waals surface area contributed by atoms with Crippen LogP contribution in [0.5, 0.6) is 0 Å². The summed E-state index contributed by atoms with van der Waals surface area (Å²) in [5.41, 5.74) is 0. The van der Waals surface area contributed by atoms with Crippen LogP contribution in [0.3, 0.4) is 0 Å². The second kappa shape index (κ2) is 10.3. The van der Waals surface area contributed by atoms with Crippen LogP contribution in [0.25, 0.3) is 0 Å². The quantitative estimate of drug-likeness (QED) is 0.541. The molecule has 1 rings (SSSR count). The lowest BCUT2D eigenvalue weighted by molar-refractivity contribution is -0.114. The van der Waals surface area contributed by atoms with Gasteiger partial charge in [-0.1, -0.05) is 56.8 Å². The summed E-state index contributed by atoms with van der Waals surface area (Å²) < 4.78 is 0. The van der Waals surface area contributed by atoms with Crippen molar-refractivity contribution in [2.45, 2.75) is 70.6 Å². The fraction of sp³-hybridized carbons (Fsp3) is 0.688. The first-order valence-corrected chi connectivity index (χ1v) is 7.24. The van der Waals surface area contributed by atoms with E-state index in [0.717, 1.165) is 19.3 Å². The lowest BCUT2D eigenvalue weighted by atomic mass is 10.0. The van der Waals surface area contributed by atoms with Gasteiger partial charge in [0.15, 0.2) is 5.78 Å². The van der Waals surface area contributed by atoms with Gasteiger partial charge < -0.3 is 0 Å². The van der Waals surface area contributed by atoms with E-state index in [9.17, 15) is 4.79 Å². The molecule has 0 N–H and O–H groups in total. The molecule has 1 heteroatoms. The molecule has 17 heavy (non-hydrogen) atoms. The van der Waals surface area contributed by atoms with E-state index >= 15 is 0 Å². The van der Waals surface area contributed by atoms with Crippen LogP contribution in [-0.2, 0) is 4.79 Å². The number of rotatable bonds is 0. The molecule has 0 saturated carbocycles. The Morgan fingerprint density at radius 1 is 0.706 bits per heavy atom. The highest BCUT2D eigenvalue weighted by molar-refractivity contribution is 5.89. The van der Waals surface area contributed by atoms with Gasteiger partial charge in [0.25, 0.3) is 0 Å². The minimum Gasteiger partial charge on any atom is -0.295 e. The number of ketones is 1. The largest absolute Gasteiger partial charge is 0.295 e. The maximum absolute atomic E-state index is 11.5. The zero-order valence-corrected chi connectivity index (χ0v) is 11.0. The van der Waals surface area contributed by atoms with Crippen molar-refractivity contribution in [3.05, 3.63) is 24.3 Å². The van der Waals surface area contributed by atoms with Gasteiger partial charge in [0.05, 0.1) is 0 Å². The van der Waals surface area contributed by atoms with Gasteiger partial charge in [0, 0.05) is 6.42 Å². The SMILES string of the molecule is O=C1/C=C\CC=CCCCCCCCCCC1. The van der Waals surface area contributed by atoms with Crippen LogP contribution in [0.4, 0.5) is 0 Å². The first-order valence-electron chi connectivity index (χ1n) is 7.24. The average molecular weight is 234 g/mol. The maximum atomic E-state index is 11.5. The van der Waals surface area contributed by atoms with E-state index in [1.807, 2.05) is 6.08 Å². The number of hydrogen-bond acceptors (Lipinski definition) is 1. The highest BCUT2D eigenvalue weighted by Crippen LogP contribution is 2.11. The summed E-state index contributed by atoms with van der Waals surface area (Å²) in [6, 6.07) is 0. The van der Waals surface area contributed by atoms with Gasteiger partial charge in [-0.05, 0) is 31.8 Å². The highest BCUT2D eigenvalue weighted by atomic mass is 16.1. The van der Waals surface area contributed by atoms with Gasteiger partial charge in [-0.2, -0.15) is 0 Å². The highest BCUT2D eigenvalue weighted by Gasteiger charge is 1.97. The van der Waals surface area contributed by atoms with Gasteiger partial charge in [-0.25, -0.2) is 0 Å². The number of allylic oxidation sites excluding steroid dienone is 4. The Morgan fingerprint density at radius 3 is 2.12 bits per heavy atom. The summed E-state index contributed by atoms with van der Waals surface area (Å²) in [6.45, 7) is 0. The topological polar surface area (TPSA) is 17.1 Å². The standard InChI is InChI=1S/C16H26O/c17-16-14-12-10-8-6-4-2-1-3-5-7-9-11-13-15-16/h6,8,12,14H,1-5,7,9-11,13,15H2/b8-6?,14-12-. The molecule has 1 nitrogen and oxygen atoms in total. The number of carbonyl (C=O) groups is 1. The van der Waals surface area contributed by atoms with E-state index in [2.05, 4.69) is 12.2 Å². The van der Waals surface area contributed by atoms with Crippen LogP contribution in [0.15, 0.2) is 24.3 Å². The van der Waals surface area contributed by atoms with Gasteiger partial charge in [0.2, 0.25) is 0 Å². The fourth-order valence-corrected chi connectivity index (χ4v) is 2.20. The van der Waals surface area contributed by atoms with Crippen LogP contribution in [0.2, 0.25) is 0 Å². The molecule has 0 aromatic heterocycles. The predicted molar refractivity (Wildman–Crippen MR) is 74.1 cm³/mol. The van der Waals surface area contributed by atoms with Crippen molar-refractivity contribution in [1.29, 1.82) is 0 Å². The molecule has 0 aliphatic heterocycles. The Labute approximate surface area is 106 Å². The Kier molecular flexibility index (Phi) is 8.62. The molecule has 0 atom stereocenters. The van der Waals surface area contributed by atoms with Crippen molar-refractivity contribution in [1.82, 2.24) is 0 Å². The molecule has 0 unspecified atom stereocenters. The summed E-state index contributed by atoms with van der Waals surface area (Å²) in [5.74, 6) is 0.297. The summed E-state index contributed by atoms with van der Waals surface area (Å²) in [4.78, 5) is 11.5.